The molecule has 0 unspecified atom stereocenters. The van der Waals surface area contributed by atoms with E-state index in [-0.39, 0.29) is 11.6 Å². The van der Waals surface area contributed by atoms with Gasteiger partial charge in [0.2, 0.25) is 11.5 Å². The van der Waals surface area contributed by atoms with E-state index >= 15 is 0 Å². The molecule has 0 fully saturated rings. The van der Waals surface area contributed by atoms with Gasteiger partial charge in [0.15, 0.2) is 0 Å². The minimum Gasteiger partial charge on any atom is -0.497 e. The van der Waals surface area contributed by atoms with Crippen molar-refractivity contribution in [2.45, 2.75) is 0 Å². The first kappa shape index (κ1) is 15.6. The zero-order valence-electron chi connectivity index (χ0n) is 13.0. The summed E-state index contributed by atoms with van der Waals surface area (Å²) in [6, 6.07) is 12.4. The molecule has 0 bridgehead atoms. The molecule has 3 rings (SSSR count). The van der Waals surface area contributed by atoms with Crippen LogP contribution >= 0.6 is 0 Å². The van der Waals surface area contributed by atoms with Gasteiger partial charge in [-0.25, -0.2) is 0 Å². The summed E-state index contributed by atoms with van der Waals surface area (Å²) >= 11 is 0. The number of fused-ring (bicyclic) bond motifs is 1. The maximum atomic E-state index is 11.3. The number of rotatable bonds is 7. The van der Waals surface area contributed by atoms with E-state index in [4.69, 9.17) is 9.47 Å². The van der Waals surface area contributed by atoms with Gasteiger partial charge in [-0.3, -0.25) is 0 Å². The highest BCUT2D eigenvalue weighted by molar-refractivity contribution is 5.62. The van der Waals surface area contributed by atoms with Crippen LogP contribution < -0.4 is 14.8 Å². The minimum absolute atomic E-state index is 0.0879. The van der Waals surface area contributed by atoms with Gasteiger partial charge in [0, 0.05) is 6.07 Å². The summed E-state index contributed by atoms with van der Waals surface area (Å²) in [5.41, 5.74) is 0.516. The number of aromatic nitrogens is 2. The number of nitro groups is 1. The second-order valence-electron chi connectivity index (χ2n) is 4.92. The van der Waals surface area contributed by atoms with Crippen molar-refractivity contribution in [2.24, 2.45) is 0 Å². The van der Waals surface area contributed by atoms with Gasteiger partial charge in [0.25, 0.3) is 0 Å². The number of ether oxygens (including phenoxy) is 2. The van der Waals surface area contributed by atoms with Crippen LogP contribution in [-0.2, 0) is 0 Å². The van der Waals surface area contributed by atoms with Crippen LogP contribution in [0.2, 0.25) is 0 Å². The zero-order chi connectivity index (χ0) is 16.9. The molecule has 8 nitrogen and oxygen atoms in total. The van der Waals surface area contributed by atoms with Gasteiger partial charge in [0.1, 0.15) is 18.1 Å². The Hall–Kier alpha value is -3.29. The SMILES string of the molecule is COc1ccc(OCCNc2nc3ccccn3c2[N+](=O)[O-])cc1. The van der Waals surface area contributed by atoms with Crippen LogP contribution in [0, 0.1) is 10.1 Å². The molecular formula is C16H16N4O4. The molecular weight excluding hydrogens is 312 g/mol. The van der Waals surface area contributed by atoms with Crippen molar-refractivity contribution >= 4 is 17.3 Å². The molecule has 8 heteroatoms. The summed E-state index contributed by atoms with van der Waals surface area (Å²) in [5, 5.41) is 14.2. The summed E-state index contributed by atoms with van der Waals surface area (Å²) in [4.78, 5) is 15.1. The normalized spacial score (nSPS) is 10.5. The van der Waals surface area contributed by atoms with Gasteiger partial charge < -0.3 is 24.9 Å². The molecule has 0 amide bonds. The van der Waals surface area contributed by atoms with Gasteiger partial charge >= 0.3 is 5.82 Å². The lowest BCUT2D eigenvalue weighted by atomic mass is 10.3. The van der Waals surface area contributed by atoms with Gasteiger partial charge in [-0.15, -0.1) is 0 Å². The van der Waals surface area contributed by atoms with E-state index in [1.54, 1.807) is 55.8 Å². The fourth-order valence-electron chi connectivity index (χ4n) is 2.29. The molecule has 0 saturated heterocycles. The number of nitrogens with one attached hydrogen (secondary N) is 1. The number of hydrogen-bond donors (Lipinski definition) is 1. The number of hydrogen-bond acceptors (Lipinski definition) is 6. The van der Waals surface area contributed by atoms with E-state index in [0.29, 0.717) is 24.5 Å². The van der Waals surface area contributed by atoms with Gasteiger partial charge in [-0.1, -0.05) is 6.07 Å². The summed E-state index contributed by atoms with van der Waals surface area (Å²) in [5.74, 6) is 1.59. The number of imidazole rings is 1. The Kier molecular flexibility index (Phi) is 4.46. The molecule has 24 heavy (non-hydrogen) atoms. The fraction of sp³-hybridized carbons (Fsp3) is 0.188. The third kappa shape index (κ3) is 3.22. The summed E-state index contributed by atoms with van der Waals surface area (Å²) < 4.78 is 12.1. The molecule has 2 heterocycles. The Morgan fingerprint density at radius 1 is 1.21 bits per heavy atom. The van der Waals surface area contributed by atoms with Crippen LogP contribution in [-0.4, -0.2) is 34.6 Å². The summed E-state index contributed by atoms with van der Waals surface area (Å²) in [6.07, 6.45) is 1.61. The van der Waals surface area contributed by atoms with E-state index in [2.05, 4.69) is 10.3 Å². The van der Waals surface area contributed by atoms with E-state index in [1.807, 2.05) is 0 Å². The first-order valence-electron chi connectivity index (χ1n) is 7.31. The van der Waals surface area contributed by atoms with Crippen molar-refractivity contribution in [1.29, 1.82) is 0 Å². The quantitative estimate of drug-likeness (QED) is 0.407. The van der Waals surface area contributed by atoms with Crippen molar-refractivity contribution in [3.05, 3.63) is 58.8 Å². The van der Waals surface area contributed by atoms with E-state index in [0.717, 1.165) is 5.75 Å². The van der Waals surface area contributed by atoms with Crippen LogP contribution in [0.25, 0.3) is 5.65 Å². The molecule has 3 aromatic rings. The van der Waals surface area contributed by atoms with Crippen molar-refractivity contribution in [3.63, 3.8) is 0 Å². The Bertz CT molecular complexity index is 845. The second-order valence-corrected chi connectivity index (χ2v) is 4.92. The molecule has 0 aliphatic carbocycles. The van der Waals surface area contributed by atoms with Crippen molar-refractivity contribution in [2.75, 3.05) is 25.6 Å². The predicted octanol–water partition coefficient (Wildman–Crippen LogP) is 2.74. The molecule has 2 aromatic heterocycles. The van der Waals surface area contributed by atoms with Crippen LogP contribution in [0.4, 0.5) is 11.6 Å². The first-order valence-corrected chi connectivity index (χ1v) is 7.31. The van der Waals surface area contributed by atoms with Crippen LogP contribution in [0.5, 0.6) is 11.5 Å². The van der Waals surface area contributed by atoms with Crippen molar-refractivity contribution in [3.8, 4) is 11.5 Å². The van der Waals surface area contributed by atoms with Crippen LogP contribution in [0.15, 0.2) is 48.7 Å². The molecule has 1 aromatic carbocycles. The predicted molar refractivity (Wildman–Crippen MR) is 88.8 cm³/mol. The Labute approximate surface area is 137 Å². The average Bonchev–Trinajstić information content (AvgIpc) is 2.97. The number of anilines is 1. The largest absolute Gasteiger partial charge is 0.497 e. The zero-order valence-corrected chi connectivity index (χ0v) is 13.0. The number of nitrogens with zero attached hydrogens (tertiary/aromatic N) is 3. The third-order valence-electron chi connectivity index (χ3n) is 3.40. The standard InChI is InChI=1S/C16H16N4O4/c1-23-12-5-7-13(8-6-12)24-11-9-17-15-16(20(21)22)19-10-3-2-4-14(19)18-15/h2-8,10,17H,9,11H2,1H3. The minimum atomic E-state index is -0.452. The fourth-order valence-corrected chi connectivity index (χ4v) is 2.29. The second kappa shape index (κ2) is 6.86. The smallest absolute Gasteiger partial charge is 0.372 e. The molecule has 0 saturated carbocycles. The van der Waals surface area contributed by atoms with E-state index in [1.165, 1.54) is 4.40 Å². The number of pyridine rings is 1. The Morgan fingerprint density at radius 3 is 2.67 bits per heavy atom. The molecule has 0 spiro atoms. The Balaban J connectivity index is 1.63. The van der Waals surface area contributed by atoms with Crippen molar-refractivity contribution in [1.82, 2.24) is 9.38 Å². The molecule has 0 aliphatic heterocycles. The third-order valence-corrected chi connectivity index (χ3v) is 3.40. The molecule has 0 aliphatic rings. The maximum absolute atomic E-state index is 11.3. The maximum Gasteiger partial charge on any atom is 0.372 e. The topological polar surface area (TPSA) is 90.9 Å². The molecule has 0 radical (unpaired) electrons. The highest BCUT2D eigenvalue weighted by Gasteiger charge is 2.21. The van der Waals surface area contributed by atoms with Gasteiger partial charge in [0.05, 0.1) is 19.9 Å². The highest BCUT2D eigenvalue weighted by atomic mass is 16.6. The Morgan fingerprint density at radius 2 is 1.96 bits per heavy atom. The monoisotopic (exact) mass is 328 g/mol. The van der Waals surface area contributed by atoms with E-state index < -0.39 is 4.92 Å². The van der Waals surface area contributed by atoms with Gasteiger partial charge in [-0.2, -0.15) is 9.38 Å². The molecule has 124 valence electrons. The molecule has 0 atom stereocenters. The lowest BCUT2D eigenvalue weighted by molar-refractivity contribution is -0.389. The lowest BCUT2D eigenvalue weighted by Gasteiger charge is -2.07. The first-order chi connectivity index (χ1) is 11.7. The number of methoxy groups -OCH3 is 1. The lowest BCUT2D eigenvalue weighted by Crippen LogP contribution is -2.12. The van der Waals surface area contributed by atoms with E-state index in [9.17, 15) is 10.1 Å². The van der Waals surface area contributed by atoms with Crippen molar-refractivity contribution < 1.29 is 14.4 Å². The van der Waals surface area contributed by atoms with Gasteiger partial charge in [-0.05, 0) is 35.3 Å². The summed E-state index contributed by atoms with van der Waals surface area (Å²) in [7, 11) is 1.60. The number of benzene rings is 1. The van der Waals surface area contributed by atoms with Crippen LogP contribution in [0.3, 0.4) is 0 Å². The summed E-state index contributed by atoms with van der Waals surface area (Å²) in [6.45, 7) is 0.730. The highest BCUT2D eigenvalue weighted by Crippen LogP contribution is 2.25. The van der Waals surface area contributed by atoms with Crippen LogP contribution in [0.1, 0.15) is 0 Å². The average molecular weight is 328 g/mol. The molecule has 1 N–H and O–H groups in total.